The van der Waals surface area contributed by atoms with Gasteiger partial charge < -0.3 is 9.15 Å². The molecular formula is C15H12N2O3S. The lowest BCUT2D eigenvalue weighted by Crippen LogP contribution is -2.04. The van der Waals surface area contributed by atoms with E-state index < -0.39 is 5.97 Å². The van der Waals surface area contributed by atoms with Gasteiger partial charge in [-0.3, -0.25) is 4.98 Å². The molecule has 0 fully saturated rings. The molecule has 0 aliphatic carbocycles. The number of pyridine rings is 1. The van der Waals surface area contributed by atoms with Crippen LogP contribution < -0.4 is 0 Å². The number of aromatic nitrogens is 2. The lowest BCUT2D eigenvalue weighted by molar-refractivity contribution is 0.0430. The third-order valence-corrected chi connectivity index (χ3v) is 3.64. The van der Waals surface area contributed by atoms with Crippen LogP contribution in [0.15, 0.2) is 46.3 Å². The predicted molar refractivity (Wildman–Crippen MR) is 77.9 cm³/mol. The minimum Gasteiger partial charge on any atom is -0.454 e. The number of esters is 1. The molecule has 6 heteroatoms. The van der Waals surface area contributed by atoms with Crippen molar-refractivity contribution in [3.8, 4) is 10.7 Å². The molecule has 0 aliphatic rings. The number of hydrogen-bond acceptors (Lipinski definition) is 6. The number of ether oxygens (including phenoxy) is 1. The van der Waals surface area contributed by atoms with Gasteiger partial charge in [-0.25, -0.2) is 9.78 Å². The number of nitrogens with zero attached hydrogens (tertiary/aromatic N) is 2. The lowest BCUT2D eigenvalue weighted by atomic mass is 10.4. The monoisotopic (exact) mass is 300 g/mol. The molecule has 3 heterocycles. The zero-order valence-electron chi connectivity index (χ0n) is 11.3. The van der Waals surface area contributed by atoms with Gasteiger partial charge in [-0.15, -0.1) is 11.3 Å². The number of carbonyl (C=O) groups is 1. The van der Waals surface area contributed by atoms with Crippen molar-refractivity contribution < 1.29 is 13.9 Å². The average Bonchev–Trinajstić information content (AvgIpc) is 3.15. The Bertz CT molecular complexity index is 749. The first-order valence-corrected chi connectivity index (χ1v) is 7.20. The van der Waals surface area contributed by atoms with Crippen LogP contribution in [0.2, 0.25) is 0 Å². The fourth-order valence-electron chi connectivity index (χ4n) is 1.74. The van der Waals surface area contributed by atoms with Crippen molar-refractivity contribution in [3.63, 3.8) is 0 Å². The Labute approximate surface area is 125 Å². The smallest absolute Gasteiger partial charge is 0.374 e. The Morgan fingerprint density at radius 2 is 2.24 bits per heavy atom. The van der Waals surface area contributed by atoms with Gasteiger partial charge >= 0.3 is 5.97 Å². The number of thiazole rings is 1. The van der Waals surface area contributed by atoms with Crippen molar-refractivity contribution in [2.45, 2.75) is 13.5 Å². The van der Waals surface area contributed by atoms with E-state index in [0.717, 1.165) is 10.7 Å². The second kappa shape index (κ2) is 5.88. The summed E-state index contributed by atoms with van der Waals surface area (Å²) in [5.74, 6) is 0.385. The van der Waals surface area contributed by atoms with Crippen LogP contribution in [-0.2, 0) is 11.3 Å². The summed E-state index contributed by atoms with van der Waals surface area (Å²) in [5.41, 5.74) is 1.50. The number of carbonyl (C=O) groups excluding carboxylic acids is 1. The molecule has 0 amide bonds. The third kappa shape index (κ3) is 3.17. The molecule has 0 bridgehead atoms. The largest absolute Gasteiger partial charge is 0.454 e. The van der Waals surface area contributed by atoms with Crippen LogP contribution in [-0.4, -0.2) is 15.9 Å². The van der Waals surface area contributed by atoms with Gasteiger partial charge in [0, 0.05) is 11.6 Å². The maximum absolute atomic E-state index is 11.8. The van der Waals surface area contributed by atoms with E-state index in [4.69, 9.17) is 9.15 Å². The maximum Gasteiger partial charge on any atom is 0.374 e. The van der Waals surface area contributed by atoms with Gasteiger partial charge in [0.2, 0.25) is 5.76 Å². The highest BCUT2D eigenvalue weighted by Crippen LogP contribution is 2.21. The molecule has 106 valence electrons. The molecule has 0 saturated carbocycles. The van der Waals surface area contributed by atoms with Crippen molar-refractivity contribution in [2.24, 2.45) is 0 Å². The topological polar surface area (TPSA) is 65.2 Å². The fraction of sp³-hybridized carbons (Fsp3) is 0.133. The van der Waals surface area contributed by atoms with Gasteiger partial charge in [0.1, 0.15) is 17.4 Å². The van der Waals surface area contributed by atoms with E-state index in [9.17, 15) is 4.79 Å². The Kier molecular flexibility index (Phi) is 3.79. The van der Waals surface area contributed by atoms with Gasteiger partial charge in [0.25, 0.3) is 0 Å². The van der Waals surface area contributed by atoms with E-state index in [1.807, 2.05) is 23.6 Å². The molecule has 21 heavy (non-hydrogen) atoms. The summed E-state index contributed by atoms with van der Waals surface area (Å²) < 4.78 is 10.4. The summed E-state index contributed by atoms with van der Waals surface area (Å²) in [6, 6.07) is 8.96. The van der Waals surface area contributed by atoms with E-state index in [-0.39, 0.29) is 12.4 Å². The second-order valence-electron chi connectivity index (χ2n) is 4.35. The number of hydrogen-bond donors (Lipinski definition) is 0. The molecular weight excluding hydrogens is 288 g/mol. The first-order chi connectivity index (χ1) is 10.2. The molecule has 3 rings (SSSR count). The van der Waals surface area contributed by atoms with Crippen molar-refractivity contribution in [3.05, 3.63) is 59.1 Å². The van der Waals surface area contributed by atoms with Gasteiger partial charge in [-0.05, 0) is 31.2 Å². The first-order valence-electron chi connectivity index (χ1n) is 6.32. The highest BCUT2D eigenvalue weighted by molar-refractivity contribution is 7.13. The molecule has 0 N–H and O–H groups in total. The molecule has 0 saturated heterocycles. The molecule has 0 radical (unpaired) electrons. The summed E-state index contributed by atoms with van der Waals surface area (Å²) in [5, 5.41) is 2.65. The lowest BCUT2D eigenvalue weighted by Gasteiger charge is -1.99. The van der Waals surface area contributed by atoms with Crippen LogP contribution in [0.1, 0.15) is 22.0 Å². The Morgan fingerprint density at radius 3 is 2.95 bits per heavy atom. The van der Waals surface area contributed by atoms with Crippen molar-refractivity contribution in [1.82, 2.24) is 9.97 Å². The van der Waals surface area contributed by atoms with Crippen LogP contribution in [0.4, 0.5) is 0 Å². The second-order valence-corrected chi connectivity index (χ2v) is 5.20. The first kappa shape index (κ1) is 13.5. The van der Waals surface area contributed by atoms with Crippen molar-refractivity contribution in [2.75, 3.05) is 0 Å². The Morgan fingerprint density at radius 1 is 1.33 bits per heavy atom. The van der Waals surface area contributed by atoms with Crippen molar-refractivity contribution in [1.29, 1.82) is 0 Å². The van der Waals surface area contributed by atoms with E-state index in [1.54, 1.807) is 25.3 Å². The van der Waals surface area contributed by atoms with E-state index in [2.05, 4.69) is 9.97 Å². The Balaban J connectivity index is 1.64. The van der Waals surface area contributed by atoms with Crippen molar-refractivity contribution >= 4 is 17.3 Å². The van der Waals surface area contributed by atoms with Crippen LogP contribution >= 0.6 is 11.3 Å². The van der Waals surface area contributed by atoms with Gasteiger partial charge in [0.05, 0.1) is 11.4 Å². The number of furan rings is 1. The third-order valence-electron chi connectivity index (χ3n) is 2.73. The quantitative estimate of drug-likeness (QED) is 0.690. The van der Waals surface area contributed by atoms with Crippen LogP contribution in [0.5, 0.6) is 0 Å². The molecule has 0 spiro atoms. The van der Waals surface area contributed by atoms with Crippen LogP contribution in [0.25, 0.3) is 10.7 Å². The van der Waals surface area contributed by atoms with Gasteiger partial charge in [-0.2, -0.15) is 0 Å². The summed E-state index contributed by atoms with van der Waals surface area (Å²) >= 11 is 1.47. The number of aryl methyl sites for hydroxylation is 1. The average molecular weight is 300 g/mol. The standard InChI is InChI=1S/C15H12N2O3S/c1-10-5-6-13(20-10)15(18)19-8-11-9-21-14(17-11)12-4-2-3-7-16-12/h2-7,9H,8H2,1H3. The molecule has 3 aromatic heterocycles. The molecule has 3 aromatic rings. The highest BCUT2D eigenvalue weighted by atomic mass is 32.1. The Hall–Kier alpha value is -2.47. The minimum atomic E-state index is -0.490. The zero-order chi connectivity index (χ0) is 14.7. The SMILES string of the molecule is Cc1ccc(C(=O)OCc2csc(-c3ccccn3)n2)o1. The van der Waals surface area contributed by atoms with Gasteiger partial charge in [-0.1, -0.05) is 6.07 Å². The molecule has 0 aromatic carbocycles. The summed E-state index contributed by atoms with van der Waals surface area (Å²) in [7, 11) is 0. The van der Waals surface area contributed by atoms with Gasteiger partial charge in [0.15, 0.2) is 0 Å². The molecule has 0 atom stereocenters. The maximum atomic E-state index is 11.8. The molecule has 5 nitrogen and oxygen atoms in total. The fourth-order valence-corrected chi connectivity index (χ4v) is 2.51. The summed E-state index contributed by atoms with van der Waals surface area (Å²) in [6.07, 6.45) is 1.72. The summed E-state index contributed by atoms with van der Waals surface area (Å²) in [6.45, 7) is 1.89. The molecule has 0 unspecified atom stereocenters. The number of rotatable bonds is 4. The molecule has 0 aliphatic heterocycles. The normalized spacial score (nSPS) is 10.5. The highest BCUT2D eigenvalue weighted by Gasteiger charge is 2.13. The minimum absolute atomic E-state index is 0.113. The van der Waals surface area contributed by atoms with Crippen LogP contribution in [0, 0.1) is 6.92 Å². The van der Waals surface area contributed by atoms with Crippen LogP contribution in [0.3, 0.4) is 0 Å². The van der Waals surface area contributed by atoms with E-state index >= 15 is 0 Å². The van der Waals surface area contributed by atoms with E-state index in [1.165, 1.54) is 11.3 Å². The zero-order valence-corrected chi connectivity index (χ0v) is 12.1. The summed E-state index contributed by atoms with van der Waals surface area (Å²) in [4.78, 5) is 20.4. The van der Waals surface area contributed by atoms with E-state index in [0.29, 0.717) is 11.5 Å². The predicted octanol–water partition coefficient (Wildman–Crippen LogP) is 3.46.